The van der Waals surface area contributed by atoms with E-state index in [-0.39, 0.29) is 0 Å². The maximum atomic E-state index is 3.49. The molecule has 0 amide bonds. The van der Waals surface area contributed by atoms with Gasteiger partial charge < -0.3 is 5.32 Å². The van der Waals surface area contributed by atoms with Crippen LogP contribution in [0.5, 0.6) is 0 Å². The number of hydrogen-bond acceptors (Lipinski definition) is 1. The van der Waals surface area contributed by atoms with Crippen LogP contribution >= 0.6 is 0 Å². The normalized spacial score (nSPS) is 25.8. The van der Waals surface area contributed by atoms with Gasteiger partial charge in [0.25, 0.3) is 0 Å². The Kier molecular flexibility index (Phi) is 3.39. The van der Waals surface area contributed by atoms with Crippen molar-refractivity contribution in [2.75, 3.05) is 13.1 Å². The van der Waals surface area contributed by atoms with Crippen LogP contribution in [0.25, 0.3) is 0 Å². The quantitative estimate of drug-likeness (QED) is 0.708. The van der Waals surface area contributed by atoms with Crippen LogP contribution in [0, 0.1) is 10.8 Å². The molecule has 13 heavy (non-hydrogen) atoms. The zero-order chi connectivity index (χ0) is 9.95. The summed E-state index contributed by atoms with van der Waals surface area (Å²) in [6.07, 6.45) is 5.59. The van der Waals surface area contributed by atoms with Crippen LogP contribution in [0.15, 0.2) is 0 Å². The van der Waals surface area contributed by atoms with Crippen LogP contribution in [0.2, 0.25) is 0 Å². The highest BCUT2D eigenvalue weighted by Gasteiger charge is 2.34. The first-order valence-electron chi connectivity index (χ1n) is 5.68. The van der Waals surface area contributed by atoms with Crippen molar-refractivity contribution in [1.29, 1.82) is 0 Å². The maximum Gasteiger partial charge on any atom is 0.000505 e. The second-order valence-corrected chi connectivity index (χ2v) is 5.76. The molecule has 0 aromatic heterocycles. The molecule has 1 aliphatic carbocycles. The molecule has 1 heteroatoms. The van der Waals surface area contributed by atoms with E-state index in [0.717, 1.165) is 6.54 Å². The first kappa shape index (κ1) is 11.0. The van der Waals surface area contributed by atoms with Crippen molar-refractivity contribution in [3.8, 4) is 0 Å². The third kappa shape index (κ3) is 3.30. The van der Waals surface area contributed by atoms with E-state index in [9.17, 15) is 0 Å². The standard InChI is InChI=1S/C12H25N/c1-5-13-10-12(4)8-6-11(2,3)7-9-12/h13H,5-10H2,1-4H3. The number of rotatable bonds is 3. The first-order chi connectivity index (χ1) is 5.97. The van der Waals surface area contributed by atoms with Crippen molar-refractivity contribution in [3.63, 3.8) is 0 Å². The van der Waals surface area contributed by atoms with E-state index in [4.69, 9.17) is 0 Å². The summed E-state index contributed by atoms with van der Waals surface area (Å²) < 4.78 is 0. The molecule has 0 bridgehead atoms. The Morgan fingerprint density at radius 1 is 1.00 bits per heavy atom. The van der Waals surface area contributed by atoms with Crippen molar-refractivity contribution < 1.29 is 0 Å². The smallest absolute Gasteiger partial charge is 0.000505 e. The lowest BCUT2D eigenvalue weighted by Gasteiger charge is -2.41. The molecular weight excluding hydrogens is 158 g/mol. The Labute approximate surface area is 83.3 Å². The Bertz CT molecular complexity index is 151. The molecule has 0 spiro atoms. The molecule has 1 N–H and O–H groups in total. The van der Waals surface area contributed by atoms with Crippen LogP contribution in [0.3, 0.4) is 0 Å². The summed E-state index contributed by atoms with van der Waals surface area (Å²) in [7, 11) is 0. The zero-order valence-electron chi connectivity index (χ0n) is 9.74. The summed E-state index contributed by atoms with van der Waals surface area (Å²) in [5.41, 5.74) is 1.18. The van der Waals surface area contributed by atoms with Gasteiger partial charge in [0.15, 0.2) is 0 Å². The van der Waals surface area contributed by atoms with E-state index in [1.807, 2.05) is 0 Å². The van der Waals surface area contributed by atoms with Crippen molar-refractivity contribution in [1.82, 2.24) is 5.32 Å². The Hall–Kier alpha value is -0.0400. The summed E-state index contributed by atoms with van der Waals surface area (Å²) in [6.45, 7) is 11.7. The fraction of sp³-hybridized carbons (Fsp3) is 1.00. The van der Waals surface area contributed by atoms with Gasteiger partial charge in [-0.25, -0.2) is 0 Å². The minimum absolute atomic E-state index is 0.575. The van der Waals surface area contributed by atoms with E-state index in [2.05, 4.69) is 33.0 Å². The van der Waals surface area contributed by atoms with Gasteiger partial charge in [0, 0.05) is 6.54 Å². The minimum Gasteiger partial charge on any atom is -0.316 e. The van der Waals surface area contributed by atoms with E-state index < -0.39 is 0 Å². The molecule has 1 aliphatic rings. The maximum absolute atomic E-state index is 3.49. The molecule has 1 nitrogen and oxygen atoms in total. The lowest BCUT2D eigenvalue weighted by molar-refractivity contribution is 0.116. The second kappa shape index (κ2) is 4.00. The number of hydrogen-bond donors (Lipinski definition) is 1. The summed E-state index contributed by atoms with van der Waals surface area (Å²) in [6, 6.07) is 0. The van der Waals surface area contributed by atoms with Gasteiger partial charge in [-0.2, -0.15) is 0 Å². The van der Waals surface area contributed by atoms with Gasteiger partial charge in [-0.05, 0) is 43.1 Å². The Morgan fingerprint density at radius 3 is 2.00 bits per heavy atom. The van der Waals surface area contributed by atoms with Crippen molar-refractivity contribution >= 4 is 0 Å². The summed E-state index contributed by atoms with van der Waals surface area (Å²) >= 11 is 0. The average molecular weight is 183 g/mol. The lowest BCUT2D eigenvalue weighted by atomic mass is 9.66. The van der Waals surface area contributed by atoms with E-state index in [1.54, 1.807) is 0 Å². The Balaban J connectivity index is 2.37. The van der Waals surface area contributed by atoms with Gasteiger partial charge in [-0.15, -0.1) is 0 Å². The molecule has 0 aromatic carbocycles. The van der Waals surface area contributed by atoms with Crippen molar-refractivity contribution in [2.24, 2.45) is 10.8 Å². The fourth-order valence-electron chi connectivity index (χ4n) is 2.13. The van der Waals surface area contributed by atoms with E-state index >= 15 is 0 Å². The largest absolute Gasteiger partial charge is 0.316 e. The van der Waals surface area contributed by atoms with Crippen LogP contribution < -0.4 is 5.32 Å². The molecule has 0 saturated heterocycles. The van der Waals surface area contributed by atoms with Crippen LogP contribution in [-0.2, 0) is 0 Å². The Morgan fingerprint density at radius 2 is 1.54 bits per heavy atom. The molecule has 1 saturated carbocycles. The van der Waals surface area contributed by atoms with Crippen molar-refractivity contribution in [2.45, 2.75) is 53.4 Å². The number of nitrogens with one attached hydrogen (secondary N) is 1. The monoisotopic (exact) mass is 183 g/mol. The predicted molar refractivity (Wildman–Crippen MR) is 58.9 cm³/mol. The highest BCUT2D eigenvalue weighted by atomic mass is 14.9. The molecule has 0 heterocycles. The zero-order valence-corrected chi connectivity index (χ0v) is 9.74. The van der Waals surface area contributed by atoms with E-state index in [1.165, 1.54) is 32.2 Å². The first-order valence-corrected chi connectivity index (χ1v) is 5.68. The molecule has 78 valence electrons. The molecular formula is C12H25N. The summed E-state index contributed by atoms with van der Waals surface area (Å²) in [5.74, 6) is 0. The third-order valence-electron chi connectivity index (χ3n) is 3.61. The topological polar surface area (TPSA) is 12.0 Å². The van der Waals surface area contributed by atoms with Gasteiger partial charge in [-0.3, -0.25) is 0 Å². The third-order valence-corrected chi connectivity index (χ3v) is 3.61. The molecule has 1 fully saturated rings. The molecule has 0 aliphatic heterocycles. The van der Waals surface area contributed by atoms with E-state index in [0.29, 0.717) is 10.8 Å². The average Bonchev–Trinajstić information content (AvgIpc) is 2.08. The molecule has 0 unspecified atom stereocenters. The molecule has 0 radical (unpaired) electrons. The van der Waals surface area contributed by atoms with Crippen LogP contribution in [-0.4, -0.2) is 13.1 Å². The minimum atomic E-state index is 0.575. The molecule has 0 aromatic rings. The molecule has 1 rings (SSSR count). The predicted octanol–water partition coefficient (Wildman–Crippen LogP) is 3.20. The summed E-state index contributed by atoms with van der Waals surface area (Å²) in [4.78, 5) is 0. The highest BCUT2D eigenvalue weighted by molar-refractivity contribution is 4.87. The van der Waals surface area contributed by atoms with Gasteiger partial charge in [0.1, 0.15) is 0 Å². The molecule has 0 atom stereocenters. The van der Waals surface area contributed by atoms with Gasteiger partial charge in [0.05, 0.1) is 0 Å². The van der Waals surface area contributed by atoms with Crippen LogP contribution in [0.4, 0.5) is 0 Å². The van der Waals surface area contributed by atoms with Crippen molar-refractivity contribution in [3.05, 3.63) is 0 Å². The van der Waals surface area contributed by atoms with Gasteiger partial charge >= 0.3 is 0 Å². The second-order valence-electron chi connectivity index (χ2n) is 5.76. The van der Waals surface area contributed by atoms with Gasteiger partial charge in [-0.1, -0.05) is 27.7 Å². The SMILES string of the molecule is CCNCC1(C)CCC(C)(C)CC1. The summed E-state index contributed by atoms with van der Waals surface area (Å²) in [5, 5.41) is 3.49. The van der Waals surface area contributed by atoms with Gasteiger partial charge in [0.2, 0.25) is 0 Å². The lowest BCUT2D eigenvalue weighted by Crippen LogP contribution is -2.37. The highest BCUT2D eigenvalue weighted by Crippen LogP contribution is 2.44. The fourth-order valence-corrected chi connectivity index (χ4v) is 2.13. The van der Waals surface area contributed by atoms with Crippen LogP contribution in [0.1, 0.15) is 53.4 Å².